The predicted octanol–water partition coefficient (Wildman–Crippen LogP) is 2.89. The van der Waals surface area contributed by atoms with Gasteiger partial charge in [0.05, 0.1) is 0 Å². The van der Waals surface area contributed by atoms with E-state index >= 15 is 0 Å². The van der Waals surface area contributed by atoms with Crippen LogP contribution in [-0.2, 0) is 0 Å². The molecule has 0 bridgehead atoms. The molecule has 1 aliphatic rings. The van der Waals surface area contributed by atoms with Gasteiger partial charge in [0.25, 0.3) is 0 Å². The zero-order valence-corrected chi connectivity index (χ0v) is 11.5. The standard InChI is InChI=1S/C14H30N2/c1-4-16(12-13(2)3)11-7-9-14-8-5-6-10-15-14/h13-15H,4-12H2,1-3H3. The van der Waals surface area contributed by atoms with Crippen LogP contribution in [-0.4, -0.2) is 37.1 Å². The van der Waals surface area contributed by atoms with Crippen LogP contribution in [0.1, 0.15) is 52.9 Å². The summed E-state index contributed by atoms with van der Waals surface area (Å²) < 4.78 is 0. The van der Waals surface area contributed by atoms with Crippen LogP contribution >= 0.6 is 0 Å². The van der Waals surface area contributed by atoms with Gasteiger partial charge in [-0.3, -0.25) is 0 Å². The van der Waals surface area contributed by atoms with E-state index in [1.807, 2.05) is 0 Å². The molecule has 0 aliphatic carbocycles. The summed E-state index contributed by atoms with van der Waals surface area (Å²) in [6, 6.07) is 0.812. The minimum atomic E-state index is 0.799. The summed E-state index contributed by atoms with van der Waals surface area (Å²) in [7, 11) is 0. The molecule has 1 saturated heterocycles. The highest BCUT2D eigenvalue weighted by Crippen LogP contribution is 2.12. The van der Waals surface area contributed by atoms with Gasteiger partial charge in [-0.1, -0.05) is 27.2 Å². The first-order valence-corrected chi connectivity index (χ1v) is 7.18. The van der Waals surface area contributed by atoms with Crippen molar-refractivity contribution in [3.8, 4) is 0 Å². The lowest BCUT2D eigenvalue weighted by molar-refractivity contribution is 0.243. The second-order valence-electron chi connectivity index (χ2n) is 5.58. The van der Waals surface area contributed by atoms with E-state index in [9.17, 15) is 0 Å². The molecule has 1 rings (SSSR count). The van der Waals surface area contributed by atoms with Gasteiger partial charge >= 0.3 is 0 Å². The van der Waals surface area contributed by atoms with Crippen molar-refractivity contribution in [2.75, 3.05) is 26.2 Å². The molecule has 1 heterocycles. The predicted molar refractivity (Wildman–Crippen MR) is 71.8 cm³/mol. The fraction of sp³-hybridized carbons (Fsp3) is 1.00. The van der Waals surface area contributed by atoms with Crippen LogP contribution in [0, 0.1) is 5.92 Å². The summed E-state index contributed by atoms with van der Waals surface area (Å²) in [4.78, 5) is 2.59. The van der Waals surface area contributed by atoms with Gasteiger partial charge in [-0.25, -0.2) is 0 Å². The van der Waals surface area contributed by atoms with Gasteiger partial charge in [0.2, 0.25) is 0 Å². The highest BCUT2D eigenvalue weighted by molar-refractivity contribution is 4.72. The van der Waals surface area contributed by atoms with Gasteiger partial charge in [-0.05, 0) is 51.2 Å². The Bertz CT molecular complexity index is 162. The average molecular weight is 226 g/mol. The Kier molecular flexibility index (Phi) is 7.06. The quantitative estimate of drug-likeness (QED) is 0.718. The van der Waals surface area contributed by atoms with Crippen molar-refractivity contribution in [1.82, 2.24) is 10.2 Å². The largest absolute Gasteiger partial charge is 0.314 e. The molecule has 0 radical (unpaired) electrons. The van der Waals surface area contributed by atoms with E-state index in [2.05, 4.69) is 31.0 Å². The lowest BCUT2D eigenvalue weighted by Gasteiger charge is -2.26. The van der Waals surface area contributed by atoms with Gasteiger partial charge in [-0.2, -0.15) is 0 Å². The summed E-state index contributed by atoms with van der Waals surface area (Å²) in [5, 5.41) is 3.63. The molecular formula is C14H30N2. The van der Waals surface area contributed by atoms with Crippen LogP contribution in [0.25, 0.3) is 0 Å². The monoisotopic (exact) mass is 226 g/mol. The molecule has 0 aromatic heterocycles. The number of rotatable bonds is 7. The van der Waals surface area contributed by atoms with E-state index in [1.54, 1.807) is 0 Å². The normalized spacial score (nSPS) is 21.9. The van der Waals surface area contributed by atoms with Gasteiger partial charge in [0.15, 0.2) is 0 Å². The molecule has 0 aromatic carbocycles. The molecule has 2 heteroatoms. The third-order valence-electron chi connectivity index (χ3n) is 3.51. The summed E-state index contributed by atoms with van der Waals surface area (Å²) >= 11 is 0. The first-order chi connectivity index (χ1) is 7.72. The van der Waals surface area contributed by atoms with Crippen molar-refractivity contribution >= 4 is 0 Å². The van der Waals surface area contributed by atoms with Crippen molar-refractivity contribution < 1.29 is 0 Å². The maximum atomic E-state index is 3.63. The fourth-order valence-corrected chi connectivity index (χ4v) is 2.63. The number of nitrogens with zero attached hydrogens (tertiary/aromatic N) is 1. The topological polar surface area (TPSA) is 15.3 Å². The van der Waals surface area contributed by atoms with Crippen LogP contribution in [0.2, 0.25) is 0 Å². The van der Waals surface area contributed by atoms with E-state index in [0.717, 1.165) is 12.0 Å². The number of piperidine rings is 1. The number of hydrogen-bond acceptors (Lipinski definition) is 2. The average Bonchev–Trinajstić information content (AvgIpc) is 2.28. The summed E-state index contributed by atoms with van der Waals surface area (Å²) in [6.45, 7) is 11.9. The molecule has 0 saturated carbocycles. The van der Waals surface area contributed by atoms with Crippen molar-refractivity contribution in [3.63, 3.8) is 0 Å². The van der Waals surface area contributed by atoms with Crippen LogP contribution in [0.15, 0.2) is 0 Å². The zero-order valence-electron chi connectivity index (χ0n) is 11.5. The molecule has 1 unspecified atom stereocenters. The first kappa shape index (κ1) is 14.0. The molecule has 0 amide bonds. The molecule has 2 nitrogen and oxygen atoms in total. The molecule has 0 aromatic rings. The highest BCUT2D eigenvalue weighted by atomic mass is 15.1. The second kappa shape index (κ2) is 8.08. The highest BCUT2D eigenvalue weighted by Gasteiger charge is 2.12. The third kappa shape index (κ3) is 5.86. The Balaban J connectivity index is 2.07. The van der Waals surface area contributed by atoms with Crippen LogP contribution in [0.3, 0.4) is 0 Å². The summed E-state index contributed by atoms with van der Waals surface area (Å²) in [6.07, 6.45) is 6.94. The maximum absolute atomic E-state index is 3.63. The molecule has 1 aliphatic heterocycles. The van der Waals surface area contributed by atoms with E-state index in [0.29, 0.717) is 0 Å². The minimum Gasteiger partial charge on any atom is -0.314 e. The lowest BCUT2D eigenvalue weighted by atomic mass is 10.0. The molecule has 16 heavy (non-hydrogen) atoms. The fourth-order valence-electron chi connectivity index (χ4n) is 2.63. The maximum Gasteiger partial charge on any atom is 0.00675 e. The lowest BCUT2D eigenvalue weighted by Crippen LogP contribution is -2.35. The SMILES string of the molecule is CCN(CCCC1CCCCN1)CC(C)C. The van der Waals surface area contributed by atoms with Crippen molar-refractivity contribution in [2.45, 2.75) is 58.9 Å². The Morgan fingerprint density at radius 2 is 2.12 bits per heavy atom. The van der Waals surface area contributed by atoms with Gasteiger partial charge < -0.3 is 10.2 Å². The third-order valence-corrected chi connectivity index (χ3v) is 3.51. The van der Waals surface area contributed by atoms with Crippen molar-refractivity contribution in [2.24, 2.45) is 5.92 Å². The van der Waals surface area contributed by atoms with Gasteiger partial charge in [0.1, 0.15) is 0 Å². The van der Waals surface area contributed by atoms with Gasteiger partial charge in [-0.15, -0.1) is 0 Å². The molecular weight excluding hydrogens is 196 g/mol. The van der Waals surface area contributed by atoms with Crippen molar-refractivity contribution in [1.29, 1.82) is 0 Å². The molecule has 0 spiro atoms. The van der Waals surface area contributed by atoms with E-state index in [1.165, 1.54) is 58.3 Å². The Morgan fingerprint density at radius 1 is 1.31 bits per heavy atom. The van der Waals surface area contributed by atoms with Crippen LogP contribution < -0.4 is 5.32 Å². The Hall–Kier alpha value is -0.0800. The second-order valence-corrected chi connectivity index (χ2v) is 5.58. The van der Waals surface area contributed by atoms with E-state index < -0.39 is 0 Å². The van der Waals surface area contributed by atoms with Crippen molar-refractivity contribution in [3.05, 3.63) is 0 Å². The Morgan fingerprint density at radius 3 is 2.69 bits per heavy atom. The number of hydrogen-bond donors (Lipinski definition) is 1. The minimum absolute atomic E-state index is 0.799. The molecule has 96 valence electrons. The molecule has 1 atom stereocenters. The Labute approximate surface area is 102 Å². The first-order valence-electron chi connectivity index (χ1n) is 7.18. The number of nitrogens with one attached hydrogen (secondary N) is 1. The van der Waals surface area contributed by atoms with Crippen LogP contribution in [0.4, 0.5) is 0 Å². The molecule has 1 N–H and O–H groups in total. The zero-order chi connectivity index (χ0) is 11.8. The summed E-state index contributed by atoms with van der Waals surface area (Å²) in [5.41, 5.74) is 0. The van der Waals surface area contributed by atoms with Crippen LogP contribution in [0.5, 0.6) is 0 Å². The summed E-state index contributed by atoms with van der Waals surface area (Å²) in [5.74, 6) is 0.799. The van der Waals surface area contributed by atoms with E-state index in [-0.39, 0.29) is 0 Å². The van der Waals surface area contributed by atoms with Gasteiger partial charge in [0, 0.05) is 12.6 Å². The molecule has 1 fully saturated rings. The smallest absolute Gasteiger partial charge is 0.00675 e. The van der Waals surface area contributed by atoms with E-state index in [4.69, 9.17) is 0 Å².